The molecule has 1 fully saturated rings. The Morgan fingerprint density at radius 2 is 2.25 bits per heavy atom. The molecule has 24 heavy (non-hydrogen) atoms. The van der Waals surface area contributed by atoms with Gasteiger partial charge in [-0.25, -0.2) is 9.78 Å². The molecule has 2 heterocycles. The number of aryl methyl sites for hydroxylation is 1. The first-order valence-electron chi connectivity index (χ1n) is 8.14. The maximum Gasteiger partial charge on any atom is 0.349 e. The summed E-state index contributed by atoms with van der Waals surface area (Å²) in [6, 6.07) is 5.22. The monoisotopic (exact) mass is 328 g/mol. The Kier molecular flexibility index (Phi) is 4.64. The SMILES string of the molecule is CCOc1cccnc1NC(=O)c1c(C)cc(C2CCC2)oc1=O. The number of carbonyl (C=O) groups is 1. The van der Waals surface area contributed by atoms with E-state index in [4.69, 9.17) is 9.15 Å². The lowest BCUT2D eigenvalue weighted by atomic mass is 9.83. The molecule has 1 saturated carbocycles. The lowest BCUT2D eigenvalue weighted by Gasteiger charge is -2.24. The Morgan fingerprint density at radius 3 is 2.88 bits per heavy atom. The number of nitrogens with one attached hydrogen (secondary N) is 1. The molecule has 0 aliphatic heterocycles. The van der Waals surface area contributed by atoms with Crippen LogP contribution in [0, 0.1) is 6.92 Å². The van der Waals surface area contributed by atoms with Crippen LogP contribution >= 0.6 is 0 Å². The second kappa shape index (κ2) is 6.86. The van der Waals surface area contributed by atoms with Gasteiger partial charge in [-0.2, -0.15) is 0 Å². The van der Waals surface area contributed by atoms with E-state index in [1.165, 1.54) is 0 Å². The van der Waals surface area contributed by atoms with E-state index in [9.17, 15) is 9.59 Å². The van der Waals surface area contributed by atoms with Gasteiger partial charge >= 0.3 is 5.63 Å². The molecule has 1 aliphatic carbocycles. The van der Waals surface area contributed by atoms with Crippen LogP contribution in [0.1, 0.15) is 53.8 Å². The van der Waals surface area contributed by atoms with Gasteiger partial charge in [0.1, 0.15) is 11.3 Å². The van der Waals surface area contributed by atoms with Crippen LogP contribution in [-0.2, 0) is 0 Å². The highest BCUT2D eigenvalue weighted by Gasteiger charge is 2.25. The van der Waals surface area contributed by atoms with Crippen molar-refractivity contribution in [3.05, 3.63) is 51.7 Å². The molecule has 6 nitrogen and oxygen atoms in total. The number of rotatable bonds is 5. The molecule has 3 rings (SSSR count). The Balaban J connectivity index is 1.86. The molecule has 1 aliphatic rings. The summed E-state index contributed by atoms with van der Waals surface area (Å²) >= 11 is 0. The van der Waals surface area contributed by atoms with Crippen molar-refractivity contribution in [2.24, 2.45) is 0 Å². The zero-order chi connectivity index (χ0) is 17.1. The maximum atomic E-state index is 12.5. The Bertz CT molecular complexity index is 809. The van der Waals surface area contributed by atoms with E-state index in [0.717, 1.165) is 19.3 Å². The number of nitrogens with zero attached hydrogens (tertiary/aromatic N) is 1. The summed E-state index contributed by atoms with van der Waals surface area (Å²) in [5, 5.41) is 2.63. The van der Waals surface area contributed by atoms with E-state index < -0.39 is 11.5 Å². The molecule has 0 spiro atoms. The fraction of sp³-hybridized carbons (Fsp3) is 0.389. The van der Waals surface area contributed by atoms with E-state index in [-0.39, 0.29) is 11.4 Å². The molecule has 2 aromatic rings. The molecular weight excluding hydrogens is 308 g/mol. The predicted molar refractivity (Wildman–Crippen MR) is 89.7 cm³/mol. The number of anilines is 1. The molecule has 0 atom stereocenters. The van der Waals surface area contributed by atoms with Crippen LogP contribution < -0.4 is 15.7 Å². The average Bonchev–Trinajstić information content (AvgIpc) is 2.47. The van der Waals surface area contributed by atoms with Crippen molar-refractivity contribution >= 4 is 11.7 Å². The topological polar surface area (TPSA) is 81.4 Å². The van der Waals surface area contributed by atoms with Crippen LogP contribution in [0.2, 0.25) is 0 Å². The van der Waals surface area contributed by atoms with E-state index in [0.29, 0.717) is 29.6 Å². The first-order chi connectivity index (χ1) is 11.6. The minimum absolute atomic E-state index is 0.00572. The largest absolute Gasteiger partial charge is 0.490 e. The van der Waals surface area contributed by atoms with Gasteiger partial charge in [0.25, 0.3) is 5.91 Å². The number of hydrogen-bond acceptors (Lipinski definition) is 5. The van der Waals surface area contributed by atoms with Crippen LogP contribution in [0.5, 0.6) is 5.75 Å². The quantitative estimate of drug-likeness (QED) is 0.911. The first kappa shape index (κ1) is 16.2. The van der Waals surface area contributed by atoms with E-state index >= 15 is 0 Å². The molecule has 1 amide bonds. The van der Waals surface area contributed by atoms with Crippen LogP contribution in [0.25, 0.3) is 0 Å². The second-order valence-corrected chi connectivity index (χ2v) is 5.86. The summed E-state index contributed by atoms with van der Waals surface area (Å²) in [5.41, 5.74) is 0.00834. The van der Waals surface area contributed by atoms with Gasteiger partial charge in [0.05, 0.1) is 6.61 Å². The van der Waals surface area contributed by atoms with Gasteiger partial charge in [-0.3, -0.25) is 4.79 Å². The molecule has 6 heteroatoms. The van der Waals surface area contributed by atoms with E-state index in [2.05, 4.69) is 10.3 Å². The van der Waals surface area contributed by atoms with Crippen LogP contribution in [0.15, 0.2) is 33.6 Å². The van der Waals surface area contributed by atoms with Crippen LogP contribution in [-0.4, -0.2) is 17.5 Å². The molecule has 0 bridgehead atoms. The number of amides is 1. The van der Waals surface area contributed by atoms with Crippen molar-refractivity contribution in [1.82, 2.24) is 4.98 Å². The van der Waals surface area contributed by atoms with Gasteiger partial charge < -0.3 is 14.5 Å². The fourth-order valence-electron chi connectivity index (χ4n) is 2.73. The summed E-state index contributed by atoms with van der Waals surface area (Å²) in [6.07, 6.45) is 4.75. The van der Waals surface area contributed by atoms with Crippen molar-refractivity contribution in [2.75, 3.05) is 11.9 Å². The molecule has 0 saturated heterocycles. The van der Waals surface area contributed by atoms with Gasteiger partial charge in [0.15, 0.2) is 11.6 Å². The first-order valence-corrected chi connectivity index (χ1v) is 8.14. The summed E-state index contributed by atoms with van der Waals surface area (Å²) in [5.74, 6) is 1.18. The number of ether oxygens (including phenoxy) is 1. The smallest absolute Gasteiger partial charge is 0.349 e. The summed E-state index contributed by atoms with van der Waals surface area (Å²) in [6.45, 7) is 4.04. The van der Waals surface area contributed by atoms with Crippen molar-refractivity contribution in [3.63, 3.8) is 0 Å². The van der Waals surface area contributed by atoms with Gasteiger partial charge in [0.2, 0.25) is 0 Å². The summed E-state index contributed by atoms with van der Waals surface area (Å²) in [7, 11) is 0. The van der Waals surface area contributed by atoms with Crippen molar-refractivity contribution < 1.29 is 13.9 Å². The molecule has 2 aromatic heterocycles. The second-order valence-electron chi connectivity index (χ2n) is 5.86. The van der Waals surface area contributed by atoms with Gasteiger partial charge in [-0.05, 0) is 50.5 Å². The van der Waals surface area contributed by atoms with Crippen molar-refractivity contribution in [3.8, 4) is 5.75 Å². The van der Waals surface area contributed by atoms with E-state index in [1.807, 2.05) is 6.92 Å². The third-order valence-electron chi connectivity index (χ3n) is 4.20. The number of pyridine rings is 1. The Hall–Kier alpha value is -2.63. The number of hydrogen-bond donors (Lipinski definition) is 1. The van der Waals surface area contributed by atoms with Gasteiger partial charge in [-0.1, -0.05) is 6.42 Å². The predicted octanol–water partition coefficient (Wildman–Crippen LogP) is 3.26. The zero-order valence-electron chi connectivity index (χ0n) is 13.8. The molecule has 126 valence electrons. The third-order valence-corrected chi connectivity index (χ3v) is 4.20. The summed E-state index contributed by atoms with van der Waals surface area (Å²) in [4.78, 5) is 28.9. The van der Waals surface area contributed by atoms with Crippen molar-refractivity contribution in [1.29, 1.82) is 0 Å². The fourth-order valence-corrected chi connectivity index (χ4v) is 2.73. The Labute approximate surface area is 139 Å². The van der Waals surface area contributed by atoms with Crippen molar-refractivity contribution in [2.45, 2.75) is 39.0 Å². The van der Waals surface area contributed by atoms with Crippen LogP contribution in [0.3, 0.4) is 0 Å². The minimum Gasteiger partial charge on any atom is -0.490 e. The number of carbonyl (C=O) groups excluding carboxylic acids is 1. The average molecular weight is 328 g/mol. The van der Waals surface area contributed by atoms with Gasteiger partial charge in [0, 0.05) is 12.1 Å². The lowest BCUT2D eigenvalue weighted by molar-refractivity contribution is 0.102. The third kappa shape index (κ3) is 3.18. The van der Waals surface area contributed by atoms with E-state index in [1.54, 1.807) is 31.3 Å². The number of aromatic nitrogens is 1. The Morgan fingerprint density at radius 1 is 1.46 bits per heavy atom. The summed E-state index contributed by atoms with van der Waals surface area (Å²) < 4.78 is 10.8. The van der Waals surface area contributed by atoms with Gasteiger partial charge in [-0.15, -0.1) is 0 Å². The maximum absolute atomic E-state index is 12.5. The molecular formula is C18H20N2O4. The molecule has 0 unspecified atom stereocenters. The lowest BCUT2D eigenvalue weighted by Crippen LogP contribution is -2.24. The molecule has 1 N–H and O–H groups in total. The van der Waals surface area contributed by atoms with Crippen LogP contribution in [0.4, 0.5) is 5.82 Å². The normalized spacial score (nSPS) is 14.1. The molecule has 0 aromatic carbocycles. The molecule has 0 radical (unpaired) electrons. The highest BCUT2D eigenvalue weighted by atomic mass is 16.5. The minimum atomic E-state index is -0.608. The highest BCUT2D eigenvalue weighted by molar-refractivity contribution is 6.05. The highest BCUT2D eigenvalue weighted by Crippen LogP contribution is 2.36. The standard InChI is InChI=1S/C18H20N2O4/c1-3-23-13-8-5-9-19-16(13)20-17(21)15-11(2)10-14(24-18(15)22)12-6-4-7-12/h5,8-10,12H,3-4,6-7H2,1-2H3,(H,19,20,21). The zero-order valence-corrected chi connectivity index (χ0v) is 13.8.